The molecule has 0 heterocycles. The fourth-order valence-corrected chi connectivity index (χ4v) is 2.03. The molecule has 1 amide bonds. The lowest BCUT2D eigenvalue weighted by molar-refractivity contribution is -0.394. The normalized spacial score (nSPS) is 11.7. The van der Waals surface area contributed by atoms with Gasteiger partial charge in [0.05, 0.1) is 27.6 Å². The maximum Gasteiger partial charge on any atom is 0.328 e. The minimum absolute atomic E-state index is 0.278. The van der Waals surface area contributed by atoms with Crippen LogP contribution in [0.3, 0.4) is 0 Å². The van der Waals surface area contributed by atoms with Gasteiger partial charge in [0.1, 0.15) is 6.04 Å². The molecule has 0 aliphatic heterocycles. The lowest BCUT2D eigenvalue weighted by Gasteiger charge is -2.18. The zero-order valence-electron chi connectivity index (χ0n) is 14.1. The molecule has 1 N–H and O–H groups in total. The van der Waals surface area contributed by atoms with Crippen LogP contribution in [0.25, 0.3) is 0 Å². The zero-order chi connectivity index (χ0) is 19.1. The van der Waals surface area contributed by atoms with E-state index in [9.17, 15) is 29.8 Å². The molecule has 0 spiro atoms. The van der Waals surface area contributed by atoms with Crippen molar-refractivity contribution >= 4 is 23.3 Å². The fraction of sp³-hybridized carbons (Fsp3) is 0.467. The molecule has 0 saturated carbocycles. The van der Waals surface area contributed by atoms with E-state index >= 15 is 0 Å². The monoisotopic (exact) mass is 353 g/mol. The Labute approximate surface area is 143 Å². The zero-order valence-corrected chi connectivity index (χ0v) is 14.1. The van der Waals surface area contributed by atoms with Gasteiger partial charge in [0.2, 0.25) is 0 Å². The summed E-state index contributed by atoms with van der Waals surface area (Å²) in [5.74, 6) is -1.46. The van der Waals surface area contributed by atoms with Crippen LogP contribution in [0, 0.1) is 20.2 Å². The van der Waals surface area contributed by atoms with Crippen LogP contribution in [0.4, 0.5) is 11.4 Å². The van der Waals surface area contributed by atoms with E-state index in [1.165, 1.54) is 0 Å². The van der Waals surface area contributed by atoms with Crippen molar-refractivity contribution in [3.8, 4) is 0 Å². The predicted molar refractivity (Wildman–Crippen MR) is 87.1 cm³/mol. The summed E-state index contributed by atoms with van der Waals surface area (Å²) in [6.45, 7) is 5.12. The first kappa shape index (κ1) is 20.0. The summed E-state index contributed by atoms with van der Waals surface area (Å²) >= 11 is 0. The van der Waals surface area contributed by atoms with E-state index < -0.39 is 39.1 Å². The van der Waals surface area contributed by atoms with Crippen LogP contribution in [0.5, 0.6) is 0 Å². The first-order valence-corrected chi connectivity index (χ1v) is 7.61. The number of carbonyl (C=O) groups excluding carboxylic acids is 2. The standard InChI is InChI=1S/C15H19N3O7/c1-4-5-13(15(20)25-9(2)3)16-14(19)10-6-11(17(21)22)8-12(7-10)18(23)24/h6-9,13H,4-5H2,1-3H3,(H,16,19)/t13-/m1/s1. The highest BCUT2D eigenvalue weighted by molar-refractivity contribution is 5.97. The molecule has 0 unspecified atom stereocenters. The molecular formula is C15H19N3O7. The number of carbonyl (C=O) groups is 2. The molecule has 136 valence electrons. The van der Waals surface area contributed by atoms with Crippen molar-refractivity contribution in [1.82, 2.24) is 5.32 Å². The fourth-order valence-electron chi connectivity index (χ4n) is 2.03. The number of ether oxygens (including phenoxy) is 1. The van der Waals surface area contributed by atoms with E-state index in [-0.39, 0.29) is 11.7 Å². The van der Waals surface area contributed by atoms with Gasteiger partial charge >= 0.3 is 5.97 Å². The summed E-state index contributed by atoms with van der Waals surface area (Å²) in [4.78, 5) is 44.4. The smallest absolute Gasteiger partial charge is 0.328 e. The van der Waals surface area contributed by atoms with Gasteiger partial charge in [-0.05, 0) is 20.3 Å². The maximum atomic E-state index is 12.3. The van der Waals surface area contributed by atoms with Crippen molar-refractivity contribution < 1.29 is 24.2 Å². The molecule has 1 rings (SSSR count). The van der Waals surface area contributed by atoms with Gasteiger partial charge in [0.25, 0.3) is 17.3 Å². The first-order chi connectivity index (χ1) is 11.6. The molecule has 0 fully saturated rings. The van der Waals surface area contributed by atoms with Gasteiger partial charge in [0.15, 0.2) is 0 Å². The number of nitro groups is 2. The van der Waals surface area contributed by atoms with E-state index in [2.05, 4.69) is 5.32 Å². The lowest BCUT2D eigenvalue weighted by Crippen LogP contribution is -2.42. The highest BCUT2D eigenvalue weighted by Crippen LogP contribution is 2.22. The summed E-state index contributed by atoms with van der Waals surface area (Å²) in [7, 11) is 0. The third-order valence-corrected chi connectivity index (χ3v) is 3.11. The van der Waals surface area contributed by atoms with Gasteiger partial charge < -0.3 is 10.1 Å². The Hall–Kier alpha value is -3.04. The van der Waals surface area contributed by atoms with Crippen LogP contribution in [0.15, 0.2) is 18.2 Å². The number of esters is 1. The Bertz CT molecular complexity index is 655. The second-order valence-corrected chi connectivity index (χ2v) is 5.55. The molecular weight excluding hydrogens is 334 g/mol. The van der Waals surface area contributed by atoms with E-state index in [4.69, 9.17) is 4.74 Å². The molecule has 0 aliphatic carbocycles. The summed E-state index contributed by atoms with van der Waals surface area (Å²) < 4.78 is 5.06. The van der Waals surface area contributed by atoms with E-state index in [1.807, 2.05) is 0 Å². The number of nitrogens with one attached hydrogen (secondary N) is 1. The minimum Gasteiger partial charge on any atom is -0.461 e. The van der Waals surface area contributed by atoms with E-state index in [0.717, 1.165) is 18.2 Å². The number of non-ortho nitro benzene ring substituents is 2. The average molecular weight is 353 g/mol. The van der Waals surface area contributed by atoms with Crippen molar-refractivity contribution in [3.63, 3.8) is 0 Å². The van der Waals surface area contributed by atoms with Gasteiger partial charge in [-0.2, -0.15) is 0 Å². The van der Waals surface area contributed by atoms with Gasteiger partial charge in [-0.25, -0.2) is 4.79 Å². The minimum atomic E-state index is -0.946. The molecule has 1 aromatic carbocycles. The number of rotatable bonds is 8. The summed E-state index contributed by atoms with van der Waals surface area (Å²) in [6.07, 6.45) is 0.504. The van der Waals surface area contributed by atoms with Crippen molar-refractivity contribution in [2.24, 2.45) is 0 Å². The van der Waals surface area contributed by atoms with E-state index in [1.54, 1.807) is 20.8 Å². The number of nitrogens with zero attached hydrogens (tertiary/aromatic N) is 2. The second kappa shape index (κ2) is 8.71. The van der Waals surface area contributed by atoms with Gasteiger partial charge in [0, 0.05) is 12.1 Å². The van der Waals surface area contributed by atoms with Crippen molar-refractivity contribution in [1.29, 1.82) is 0 Å². The molecule has 0 saturated heterocycles. The third-order valence-electron chi connectivity index (χ3n) is 3.11. The predicted octanol–water partition coefficient (Wildman–Crippen LogP) is 2.35. The molecule has 0 radical (unpaired) electrons. The first-order valence-electron chi connectivity index (χ1n) is 7.61. The summed E-state index contributed by atoms with van der Waals surface area (Å²) in [5, 5.41) is 24.2. The molecule has 10 heteroatoms. The summed E-state index contributed by atoms with van der Waals surface area (Å²) in [6, 6.07) is 1.64. The Morgan fingerprint density at radius 2 is 1.64 bits per heavy atom. The Balaban J connectivity index is 3.09. The van der Waals surface area contributed by atoms with Crippen LogP contribution < -0.4 is 5.32 Å². The molecule has 1 atom stereocenters. The van der Waals surface area contributed by atoms with Crippen molar-refractivity contribution in [2.45, 2.75) is 45.8 Å². The van der Waals surface area contributed by atoms with Crippen LogP contribution in [0.2, 0.25) is 0 Å². The number of amides is 1. The highest BCUT2D eigenvalue weighted by Gasteiger charge is 2.25. The van der Waals surface area contributed by atoms with Crippen LogP contribution >= 0.6 is 0 Å². The van der Waals surface area contributed by atoms with Gasteiger partial charge in [-0.3, -0.25) is 25.0 Å². The largest absolute Gasteiger partial charge is 0.461 e. The van der Waals surface area contributed by atoms with Crippen molar-refractivity contribution in [3.05, 3.63) is 44.0 Å². The number of hydrogen-bond donors (Lipinski definition) is 1. The molecule has 25 heavy (non-hydrogen) atoms. The third kappa shape index (κ3) is 5.83. The molecule has 0 aliphatic rings. The quantitative estimate of drug-likeness (QED) is 0.429. The molecule has 1 aromatic rings. The van der Waals surface area contributed by atoms with Crippen LogP contribution in [-0.2, 0) is 9.53 Å². The number of benzene rings is 1. The highest BCUT2D eigenvalue weighted by atomic mass is 16.6. The number of nitro benzene ring substituents is 2. The van der Waals surface area contributed by atoms with Crippen LogP contribution in [0.1, 0.15) is 44.0 Å². The Kier molecular flexibility index (Phi) is 6.97. The maximum absolute atomic E-state index is 12.3. The molecule has 0 bridgehead atoms. The molecule has 10 nitrogen and oxygen atoms in total. The SMILES string of the molecule is CCC[C@@H](NC(=O)c1cc([N+](=O)[O-])cc([N+](=O)[O-])c1)C(=O)OC(C)C. The van der Waals surface area contributed by atoms with Crippen LogP contribution in [-0.4, -0.2) is 33.9 Å². The average Bonchev–Trinajstić information content (AvgIpc) is 2.53. The molecule has 0 aromatic heterocycles. The van der Waals surface area contributed by atoms with Gasteiger partial charge in [-0.15, -0.1) is 0 Å². The van der Waals surface area contributed by atoms with E-state index in [0.29, 0.717) is 12.8 Å². The number of hydrogen-bond acceptors (Lipinski definition) is 7. The lowest BCUT2D eigenvalue weighted by atomic mass is 10.1. The van der Waals surface area contributed by atoms with Crippen molar-refractivity contribution in [2.75, 3.05) is 0 Å². The topological polar surface area (TPSA) is 142 Å². The Morgan fingerprint density at radius 3 is 2.04 bits per heavy atom. The Morgan fingerprint density at radius 1 is 1.12 bits per heavy atom. The van der Waals surface area contributed by atoms with Gasteiger partial charge in [-0.1, -0.05) is 13.3 Å². The summed E-state index contributed by atoms with van der Waals surface area (Å²) in [5.41, 5.74) is -1.45. The second-order valence-electron chi connectivity index (χ2n) is 5.55.